The summed E-state index contributed by atoms with van der Waals surface area (Å²) in [5.41, 5.74) is 3.36. The molecule has 4 rings (SSSR count). The van der Waals surface area contributed by atoms with Gasteiger partial charge >= 0.3 is 0 Å². The summed E-state index contributed by atoms with van der Waals surface area (Å²) in [5.74, 6) is 0. The highest BCUT2D eigenvalue weighted by Crippen LogP contribution is 2.42. The quantitative estimate of drug-likeness (QED) is 0.652. The first-order chi connectivity index (χ1) is 12.9. The normalized spacial score (nSPS) is 16.5. The summed E-state index contributed by atoms with van der Waals surface area (Å²) in [4.78, 5) is 0.151. The van der Waals surface area contributed by atoms with Gasteiger partial charge in [0.2, 0.25) is 0 Å². The minimum atomic E-state index is -3.82. The number of hydrogen-bond donors (Lipinski definition) is 1. The Kier molecular flexibility index (Phi) is 4.80. The molecule has 7 heteroatoms. The predicted molar refractivity (Wildman–Crippen MR) is 109 cm³/mol. The molecule has 140 valence electrons. The molecule has 0 saturated heterocycles. The van der Waals surface area contributed by atoms with E-state index in [1.807, 2.05) is 25.2 Å². The van der Waals surface area contributed by atoms with Crippen LogP contribution < -0.4 is 5.32 Å². The lowest BCUT2D eigenvalue weighted by atomic mass is 10.1. The molecule has 1 atom stereocenters. The van der Waals surface area contributed by atoms with E-state index in [1.165, 1.54) is 10.0 Å². The fourth-order valence-corrected chi connectivity index (χ4v) is 5.65. The fourth-order valence-electron chi connectivity index (χ4n) is 3.71. The molecule has 1 aliphatic rings. The summed E-state index contributed by atoms with van der Waals surface area (Å²) < 4.78 is 28.2. The van der Waals surface area contributed by atoms with Crippen molar-refractivity contribution in [3.05, 3.63) is 75.9 Å². The molecule has 1 N–H and O–H groups in total. The maximum atomic E-state index is 13.4. The zero-order valence-corrected chi connectivity index (χ0v) is 16.9. The van der Waals surface area contributed by atoms with E-state index in [0.717, 1.165) is 24.0 Å². The molecule has 1 aromatic heterocycles. The number of nitrogens with one attached hydrogen (secondary N) is 1. The summed E-state index contributed by atoms with van der Waals surface area (Å²) in [6, 6.07) is 13.8. The van der Waals surface area contributed by atoms with Gasteiger partial charge in [0.25, 0.3) is 10.0 Å². The molecule has 0 spiro atoms. The monoisotopic (exact) mass is 420 g/mol. The van der Waals surface area contributed by atoms with E-state index in [4.69, 9.17) is 23.2 Å². The van der Waals surface area contributed by atoms with E-state index in [0.29, 0.717) is 21.3 Å². The summed E-state index contributed by atoms with van der Waals surface area (Å²) in [5, 5.41) is 4.16. The van der Waals surface area contributed by atoms with Crippen LogP contribution in [0.1, 0.15) is 23.6 Å². The van der Waals surface area contributed by atoms with Gasteiger partial charge in [-0.3, -0.25) is 0 Å². The van der Waals surface area contributed by atoms with Crippen LogP contribution in [-0.4, -0.2) is 19.4 Å². The minimum absolute atomic E-state index is 0.122. The lowest BCUT2D eigenvalue weighted by Crippen LogP contribution is -2.16. The maximum absolute atomic E-state index is 13.4. The lowest BCUT2D eigenvalue weighted by Gasteiger charge is -2.14. The average Bonchev–Trinajstić information content (AvgIpc) is 3.21. The number of benzene rings is 2. The molecule has 0 saturated carbocycles. The summed E-state index contributed by atoms with van der Waals surface area (Å²) in [6.45, 7) is 0. The van der Waals surface area contributed by atoms with Crippen molar-refractivity contribution in [2.45, 2.75) is 23.8 Å². The highest BCUT2D eigenvalue weighted by atomic mass is 35.5. The molecule has 27 heavy (non-hydrogen) atoms. The Balaban J connectivity index is 2.00. The number of nitrogens with zero attached hydrogens (tertiary/aromatic N) is 1. The zero-order chi connectivity index (χ0) is 19.2. The molecule has 3 aromatic rings. The van der Waals surface area contributed by atoms with Gasteiger partial charge in [0, 0.05) is 27.8 Å². The molecule has 0 bridgehead atoms. The largest absolute Gasteiger partial charge is 0.313 e. The van der Waals surface area contributed by atoms with Crippen LogP contribution >= 0.6 is 23.2 Å². The van der Waals surface area contributed by atoms with Crippen LogP contribution in [0.5, 0.6) is 0 Å². The smallest absolute Gasteiger partial charge is 0.268 e. The Labute approximate surface area is 168 Å². The van der Waals surface area contributed by atoms with Crippen molar-refractivity contribution >= 4 is 33.2 Å². The number of aromatic nitrogens is 1. The van der Waals surface area contributed by atoms with Crippen molar-refractivity contribution in [1.82, 2.24) is 9.29 Å². The van der Waals surface area contributed by atoms with Crippen LogP contribution in [0.15, 0.2) is 59.6 Å². The Morgan fingerprint density at radius 2 is 1.89 bits per heavy atom. The summed E-state index contributed by atoms with van der Waals surface area (Å²) >= 11 is 12.5. The summed E-state index contributed by atoms with van der Waals surface area (Å²) in [7, 11) is -1.93. The van der Waals surface area contributed by atoms with Gasteiger partial charge in [-0.05, 0) is 55.3 Å². The first kappa shape index (κ1) is 18.6. The molecule has 1 unspecified atom stereocenters. The third-order valence-corrected chi connectivity index (χ3v) is 7.22. The van der Waals surface area contributed by atoms with E-state index in [-0.39, 0.29) is 10.9 Å². The number of halogens is 2. The predicted octanol–water partition coefficient (Wildman–Crippen LogP) is 4.91. The topological polar surface area (TPSA) is 51.1 Å². The van der Waals surface area contributed by atoms with E-state index in [2.05, 4.69) is 5.32 Å². The van der Waals surface area contributed by atoms with Crippen LogP contribution in [0.25, 0.3) is 11.3 Å². The molecule has 1 heterocycles. The maximum Gasteiger partial charge on any atom is 0.268 e. The molecule has 0 radical (unpaired) electrons. The van der Waals surface area contributed by atoms with Crippen LogP contribution in [0.4, 0.5) is 0 Å². The van der Waals surface area contributed by atoms with Crippen molar-refractivity contribution in [3.8, 4) is 11.3 Å². The van der Waals surface area contributed by atoms with E-state index >= 15 is 0 Å². The number of hydrogen-bond acceptors (Lipinski definition) is 3. The molecular formula is C20H18Cl2N2O2S. The van der Waals surface area contributed by atoms with Crippen LogP contribution in [0.3, 0.4) is 0 Å². The number of fused-ring (bicyclic) bond motifs is 1. The molecule has 2 aromatic carbocycles. The van der Waals surface area contributed by atoms with Crippen molar-refractivity contribution < 1.29 is 8.42 Å². The van der Waals surface area contributed by atoms with Crippen LogP contribution in [-0.2, 0) is 16.4 Å². The lowest BCUT2D eigenvalue weighted by molar-refractivity contribution is 0.579. The Morgan fingerprint density at radius 3 is 2.59 bits per heavy atom. The molecule has 0 fully saturated rings. The van der Waals surface area contributed by atoms with E-state index < -0.39 is 10.0 Å². The van der Waals surface area contributed by atoms with E-state index in [1.54, 1.807) is 30.5 Å². The molecule has 4 nitrogen and oxygen atoms in total. The third kappa shape index (κ3) is 3.09. The second-order valence-corrected chi connectivity index (χ2v) is 9.19. The zero-order valence-electron chi connectivity index (χ0n) is 14.6. The highest BCUT2D eigenvalue weighted by Gasteiger charge is 2.33. The van der Waals surface area contributed by atoms with Crippen molar-refractivity contribution in [1.29, 1.82) is 0 Å². The Bertz CT molecular complexity index is 1120. The van der Waals surface area contributed by atoms with Gasteiger partial charge in [-0.2, -0.15) is 0 Å². The SMILES string of the molecule is CNC1CCc2c1cn(S(=O)(=O)c1cccc(Cl)c1)c2-c1ccccc1Cl. The standard InChI is InChI=1S/C20H18Cl2N2O2S/c1-23-19-10-9-15-17(19)12-24(20(15)16-7-2-3-8-18(16)22)27(25,26)14-6-4-5-13(21)11-14/h2-8,11-12,19,23H,9-10H2,1H3. The molecule has 1 aliphatic carbocycles. The first-order valence-corrected chi connectivity index (χ1v) is 10.8. The van der Waals surface area contributed by atoms with Crippen LogP contribution in [0, 0.1) is 0 Å². The Morgan fingerprint density at radius 1 is 1.11 bits per heavy atom. The first-order valence-electron chi connectivity index (χ1n) is 8.61. The third-order valence-electron chi connectivity index (χ3n) is 5.00. The van der Waals surface area contributed by atoms with Gasteiger partial charge in [0.1, 0.15) is 0 Å². The molecule has 0 aliphatic heterocycles. The highest BCUT2D eigenvalue weighted by molar-refractivity contribution is 7.90. The van der Waals surface area contributed by atoms with Gasteiger partial charge in [-0.25, -0.2) is 12.4 Å². The second kappa shape index (κ2) is 6.99. The Hall–Kier alpha value is -1.79. The van der Waals surface area contributed by atoms with Crippen molar-refractivity contribution in [2.75, 3.05) is 7.05 Å². The van der Waals surface area contributed by atoms with Gasteiger partial charge in [0.05, 0.1) is 10.6 Å². The fraction of sp³-hybridized carbons (Fsp3) is 0.200. The summed E-state index contributed by atoms with van der Waals surface area (Å²) in [6.07, 6.45) is 3.44. The van der Waals surface area contributed by atoms with Crippen molar-refractivity contribution in [3.63, 3.8) is 0 Å². The van der Waals surface area contributed by atoms with E-state index in [9.17, 15) is 8.42 Å². The van der Waals surface area contributed by atoms with Crippen molar-refractivity contribution in [2.24, 2.45) is 0 Å². The second-order valence-electron chi connectivity index (χ2n) is 6.53. The average molecular weight is 421 g/mol. The molecule has 0 amide bonds. The number of rotatable bonds is 4. The minimum Gasteiger partial charge on any atom is -0.313 e. The molecular weight excluding hydrogens is 403 g/mol. The van der Waals surface area contributed by atoms with Gasteiger partial charge in [0.15, 0.2) is 0 Å². The van der Waals surface area contributed by atoms with Gasteiger partial charge in [-0.1, -0.05) is 47.5 Å². The van der Waals surface area contributed by atoms with Crippen LogP contribution in [0.2, 0.25) is 10.0 Å². The van der Waals surface area contributed by atoms with Gasteiger partial charge < -0.3 is 5.32 Å². The van der Waals surface area contributed by atoms with Gasteiger partial charge in [-0.15, -0.1) is 0 Å².